The summed E-state index contributed by atoms with van der Waals surface area (Å²) in [4.78, 5) is 4.63. The molecule has 200 valence electrons. The number of fused-ring (bicyclic) bond motifs is 1. The van der Waals surface area contributed by atoms with Gasteiger partial charge in [0.25, 0.3) is 0 Å². The van der Waals surface area contributed by atoms with E-state index in [9.17, 15) is 0 Å². The van der Waals surface area contributed by atoms with Crippen LogP contribution in [0.25, 0.3) is 21.9 Å². The molecule has 0 aliphatic carbocycles. The Morgan fingerprint density at radius 3 is 1.12 bits per heavy atom. The number of nitrogens with zero attached hydrogens (tertiary/aromatic N) is 2. The average Bonchev–Trinajstić information content (AvgIpc) is 3.07. The summed E-state index contributed by atoms with van der Waals surface area (Å²) in [5, 5.41) is 2.43. The molecule has 0 saturated carbocycles. The standard InChI is InChI=1S/C40H30N2/c1-5-15-32(16-6-1)41(33-17-7-2-8-18-33)36-27-25-31(26-28-36)37-29-30-40(39-24-14-13-23-38(37)39)42(34-19-9-3-10-20-34)35-21-11-4-12-22-35/h1-30H. The van der Waals surface area contributed by atoms with Crippen molar-refractivity contribution in [3.05, 3.63) is 182 Å². The van der Waals surface area contributed by atoms with E-state index in [0.29, 0.717) is 0 Å². The molecule has 42 heavy (non-hydrogen) atoms. The van der Waals surface area contributed by atoms with Crippen LogP contribution in [0.5, 0.6) is 0 Å². The van der Waals surface area contributed by atoms with Crippen molar-refractivity contribution in [1.82, 2.24) is 0 Å². The molecule has 0 atom stereocenters. The van der Waals surface area contributed by atoms with E-state index in [-0.39, 0.29) is 0 Å². The van der Waals surface area contributed by atoms with Crippen molar-refractivity contribution in [1.29, 1.82) is 0 Å². The van der Waals surface area contributed by atoms with Crippen LogP contribution in [0, 0.1) is 0 Å². The van der Waals surface area contributed by atoms with Gasteiger partial charge in [-0.05, 0) is 83.2 Å². The quantitative estimate of drug-likeness (QED) is 0.199. The zero-order valence-corrected chi connectivity index (χ0v) is 23.2. The van der Waals surface area contributed by atoms with Gasteiger partial charge in [-0.25, -0.2) is 0 Å². The van der Waals surface area contributed by atoms with E-state index in [1.54, 1.807) is 0 Å². The van der Waals surface area contributed by atoms with Crippen LogP contribution in [-0.2, 0) is 0 Å². The van der Waals surface area contributed by atoms with Gasteiger partial charge in [-0.3, -0.25) is 0 Å². The maximum Gasteiger partial charge on any atom is 0.0540 e. The van der Waals surface area contributed by atoms with Gasteiger partial charge in [0.05, 0.1) is 5.69 Å². The predicted octanol–water partition coefficient (Wildman–Crippen LogP) is 11.4. The van der Waals surface area contributed by atoms with Crippen molar-refractivity contribution in [2.24, 2.45) is 0 Å². The van der Waals surface area contributed by atoms with Gasteiger partial charge in [-0.15, -0.1) is 0 Å². The highest BCUT2D eigenvalue weighted by atomic mass is 15.1. The molecule has 0 bridgehead atoms. The zero-order valence-electron chi connectivity index (χ0n) is 23.2. The van der Waals surface area contributed by atoms with E-state index in [1.807, 2.05) is 0 Å². The van der Waals surface area contributed by atoms with E-state index >= 15 is 0 Å². The fourth-order valence-electron chi connectivity index (χ4n) is 5.70. The molecule has 0 heterocycles. The SMILES string of the molecule is c1ccc(N(c2ccccc2)c2ccc(-c3ccc(N(c4ccccc4)c4ccccc4)c4ccccc34)cc2)cc1. The summed E-state index contributed by atoms with van der Waals surface area (Å²) < 4.78 is 0. The predicted molar refractivity (Wildman–Crippen MR) is 179 cm³/mol. The summed E-state index contributed by atoms with van der Waals surface area (Å²) in [5.74, 6) is 0. The molecule has 0 fully saturated rings. The molecular formula is C40H30N2. The first-order valence-corrected chi connectivity index (χ1v) is 14.3. The van der Waals surface area contributed by atoms with Gasteiger partial charge >= 0.3 is 0 Å². The normalized spacial score (nSPS) is 10.9. The molecule has 7 aromatic carbocycles. The zero-order chi connectivity index (χ0) is 28.1. The Labute approximate surface area is 247 Å². The summed E-state index contributed by atoms with van der Waals surface area (Å²) >= 11 is 0. The highest BCUT2D eigenvalue weighted by molar-refractivity contribution is 6.06. The van der Waals surface area contributed by atoms with Crippen LogP contribution in [0.1, 0.15) is 0 Å². The Hall–Kier alpha value is -5.60. The van der Waals surface area contributed by atoms with Gasteiger partial charge < -0.3 is 9.80 Å². The summed E-state index contributed by atoms with van der Waals surface area (Å²) in [7, 11) is 0. The molecule has 0 saturated heterocycles. The number of para-hydroxylation sites is 4. The van der Waals surface area contributed by atoms with Gasteiger partial charge in [-0.1, -0.05) is 115 Å². The molecule has 2 heteroatoms. The largest absolute Gasteiger partial charge is 0.311 e. The first-order valence-electron chi connectivity index (χ1n) is 14.3. The molecule has 0 radical (unpaired) electrons. The molecule has 0 spiro atoms. The number of hydrogen-bond acceptors (Lipinski definition) is 2. The third-order valence-electron chi connectivity index (χ3n) is 7.64. The molecule has 0 N–H and O–H groups in total. The molecular weight excluding hydrogens is 508 g/mol. The average molecular weight is 539 g/mol. The number of anilines is 6. The molecule has 0 aromatic heterocycles. The summed E-state index contributed by atoms with van der Waals surface area (Å²) in [6.07, 6.45) is 0. The van der Waals surface area contributed by atoms with Crippen molar-refractivity contribution in [2.75, 3.05) is 9.80 Å². The smallest absolute Gasteiger partial charge is 0.0540 e. The van der Waals surface area contributed by atoms with Crippen LogP contribution in [0.2, 0.25) is 0 Å². The van der Waals surface area contributed by atoms with Gasteiger partial charge in [0.2, 0.25) is 0 Å². The second kappa shape index (κ2) is 11.5. The minimum absolute atomic E-state index is 1.12. The first kappa shape index (κ1) is 25.4. The third kappa shape index (κ3) is 4.91. The van der Waals surface area contributed by atoms with Crippen molar-refractivity contribution < 1.29 is 0 Å². The maximum atomic E-state index is 2.34. The van der Waals surface area contributed by atoms with Gasteiger partial charge in [-0.2, -0.15) is 0 Å². The van der Waals surface area contributed by atoms with Crippen molar-refractivity contribution in [3.8, 4) is 11.1 Å². The molecule has 0 unspecified atom stereocenters. The third-order valence-corrected chi connectivity index (χ3v) is 7.64. The second-order valence-electron chi connectivity index (χ2n) is 10.2. The van der Waals surface area contributed by atoms with E-state index in [2.05, 4.69) is 192 Å². The van der Waals surface area contributed by atoms with E-state index < -0.39 is 0 Å². The van der Waals surface area contributed by atoms with Crippen LogP contribution in [0.15, 0.2) is 182 Å². The number of benzene rings is 7. The molecule has 0 amide bonds. The lowest BCUT2D eigenvalue weighted by atomic mass is 9.96. The van der Waals surface area contributed by atoms with E-state index in [1.165, 1.54) is 21.9 Å². The van der Waals surface area contributed by atoms with Crippen molar-refractivity contribution in [2.45, 2.75) is 0 Å². The minimum Gasteiger partial charge on any atom is -0.311 e. The van der Waals surface area contributed by atoms with E-state index in [4.69, 9.17) is 0 Å². The van der Waals surface area contributed by atoms with Crippen molar-refractivity contribution in [3.63, 3.8) is 0 Å². The lowest BCUT2D eigenvalue weighted by molar-refractivity contribution is 1.28. The Balaban J connectivity index is 1.32. The van der Waals surface area contributed by atoms with Crippen LogP contribution < -0.4 is 9.80 Å². The number of hydrogen-bond donors (Lipinski definition) is 0. The number of rotatable bonds is 7. The lowest BCUT2D eigenvalue weighted by Crippen LogP contribution is -2.10. The van der Waals surface area contributed by atoms with Gasteiger partial charge in [0.1, 0.15) is 0 Å². The fraction of sp³-hybridized carbons (Fsp3) is 0. The molecule has 2 nitrogen and oxygen atoms in total. The maximum absolute atomic E-state index is 2.34. The van der Waals surface area contributed by atoms with Crippen LogP contribution >= 0.6 is 0 Å². The fourth-order valence-corrected chi connectivity index (χ4v) is 5.70. The van der Waals surface area contributed by atoms with Crippen LogP contribution in [0.4, 0.5) is 34.1 Å². The highest BCUT2D eigenvalue weighted by Crippen LogP contribution is 2.42. The molecule has 0 aliphatic heterocycles. The van der Waals surface area contributed by atoms with Gasteiger partial charge in [0, 0.05) is 33.8 Å². The lowest BCUT2D eigenvalue weighted by Gasteiger charge is -2.27. The molecule has 7 aromatic rings. The van der Waals surface area contributed by atoms with Gasteiger partial charge in [0.15, 0.2) is 0 Å². The molecule has 7 rings (SSSR count). The summed E-state index contributed by atoms with van der Waals surface area (Å²) in [6.45, 7) is 0. The summed E-state index contributed by atoms with van der Waals surface area (Å²) in [5.41, 5.74) is 9.21. The Morgan fingerprint density at radius 1 is 0.262 bits per heavy atom. The minimum atomic E-state index is 1.12. The Kier molecular flexibility index (Phi) is 6.94. The van der Waals surface area contributed by atoms with E-state index in [0.717, 1.165) is 34.1 Å². The van der Waals surface area contributed by atoms with Crippen molar-refractivity contribution >= 4 is 44.9 Å². The second-order valence-corrected chi connectivity index (χ2v) is 10.2. The summed E-state index contributed by atoms with van der Waals surface area (Å²) in [6, 6.07) is 64.4. The van der Waals surface area contributed by atoms with Crippen LogP contribution in [0.3, 0.4) is 0 Å². The van der Waals surface area contributed by atoms with Crippen LogP contribution in [-0.4, -0.2) is 0 Å². The highest BCUT2D eigenvalue weighted by Gasteiger charge is 2.17. The topological polar surface area (TPSA) is 6.48 Å². The monoisotopic (exact) mass is 538 g/mol. The first-order chi connectivity index (χ1) is 20.9. The Bertz CT molecular complexity index is 1820. The molecule has 0 aliphatic rings. The Morgan fingerprint density at radius 2 is 0.643 bits per heavy atom.